The maximum Gasteiger partial charge on any atom is 0.253 e. The predicted octanol–water partition coefficient (Wildman–Crippen LogP) is 5.42. The summed E-state index contributed by atoms with van der Waals surface area (Å²) in [6, 6.07) is 12.1. The SMILES string of the molecule is O=C(NCc1ccccc1)c1cc(S(=O)(=O)NCC23CC4CC(CC(C4)C2)C3)c(Cl)cc1Cl. The summed E-state index contributed by atoms with van der Waals surface area (Å²) in [4.78, 5) is 12.7. The van der Waals surface area contributed by atoms with E-state index in [1.54, 1.807) is 0 Å². The molecule has 0 saturated heterocycles. The minimum absolute atomic E-state index is 0.0117. The fraction of sp³-hybridized carbons (Fsp3) is 0.480. The Labute approximate surface area is 205 Å². The lowest BCUT2D eigenvalue weighted by Gasteiger charge is -2.56. The Balaban J connectivity index is 1.32. The summed E-state index contributed by atoms with van der Waals surface area (Å²) in [5, 5.41) is 2.92. The number of halogens is 2. The third-order valence-corrected chi connectivity index (χ3v) is 9.83. The quantitative estimate of drug-likeness (QED) is 0.526. The van der Waals surface area contributed by atoms with Crippen molar-refractivity contribution in [3.8, 4) is 0 Å². The van der Waals surface area contributed by atoms with E-state index in [9.17, 15) is 13.2 Å². The summed E-state index contributed by atoms with van der Waals surface area (Å²) < 4.78 is 29.3. The van der Waals surface area contributed by atoms with Gasteiger partial charge in [0, 0.05) is 13.1 Å². The molecule has 2 aromatic rings. The average molecular weight is 507 g/mol. The Morgan fingerprint density at radius 2 is 1.55 bits per heavy atom. The van der Waals surface area contributed by atoms with Crippen LogP contribution in [0.15, 0.2) is 47.4 Å². The fourth-order valence-electron chi connectivity index (χ4n) is 6.61. The van der Waals surface area contributed by atoms with E-state index in [0.717, 1.165) is 42.6 Å². The molecule has 0 spiro atoms. The van der Waals surface area contributed by atoms with Gasteiger partial charge in [-0.25, -0.2) is 13.1 Å². The molecule has 4 aliphatic carbocycles. The third kappa shape index (κ3) is 4.81. The molecule has 0 unspecified atom stereocenters. The number of sulfonamides is 1. The van der Waals surface area contributed by atoms with E-state index in [4.69, 9.17) is 23.2 Å². The molecule has 4 saturated carbocycles. The summed E-state index contributed by atoms with van der Waals surface area (Å²) in [5.74, 6) is 1.76. The van der Waals surface area contributed by atoms with Gasteiger partial charge in [0.05, 0.1) is 15.6 Å². The molecular formula is C25H28Cl2N2O3S. The highest BCUT2D eigenvalue weighted by Crippen LogP contribution is 2.59. The molecule has 4 fully saturated rings. The van der Waals surface area contributed by atoms with Crippen LogP contribution < -0.4 is 10.0 Å². The van der Waals surface area contributed by atoms with Gasteiger partial charge in [0.2, 0.25) is 10.0 Å². The molecule has 0 aromatic heterocycles. The van der Waals surface area contributed by atoms with Crippen LogP contribution in [-0.2, 0) is 16.6 Å². The zero-order chi connectivity index (χ0) is 23.2. The third-order valence-electron chi connectivity index (χ3n) is 7.65. The lowest BCUT2D eigenvalue weighted by molar-refractivity contribution is -0.0487. The second-order valence-electron chi connectivity index (χ2n) is 10.2. The second-order valence-corrected chi connectivity index (χ2v) is 12.7. The van der Waals surface area contributed by atoms with Crippen LogP contribution in [0.1, 0.15) is 54.4 Å². The summed E-state index contributed by atoms with van der Waals surface area (Å²) in [6.45, 7) is 0.734. The Bertz CT molecular complexity index is 1130. The molecule has 1 amide bonds. The first-order valence-corrected chi connectivity index (χ1v) is 13.8. The van der Waals surface area contributed by atoms with E-state index in [1.807, 2.05) is 30.3 Å². The van der Waals surface area contributed by atoms with Gasteiger partial charge in [-0.2, -0.15) is 0 Å². The van der Waals surface area contributed by atoms with Crippen LogP contribution in [0, 0.1) is 23.2 Å². The highest BCUT2D eigenvalue weighted by Gasteiger charge is 2.51. The van der Waals surface area contributed by atoms with E-state index < -0.39 is 15.9 Å². The Hall–Kier alpha value is -1.60. The largest absolute Gasteiger partial charge is 0.348 e. The molecule has 176 valence electrons. The van der Waals surface area contributed by atoms with Crippen molar-refractivity contribution in [1.29, 1.82) is 0 Å². The van der Waals surface area contributed by atoms with Crippen LogP contribution in [0.3, 0.4) is 0 Å². The molecule has 0 heterocycles. The van der Waals surface area contributed by atoms with Crippen LogP contribution in [0.2, 0.25) is 10.0 Å². The van der Waals surface area contributed by atoms with E-state index in [0.29, 0.717) is 13.1 Å². The highest BCUT2D eigenvalue weighted by molar-refractivity contribution is 7.89. The first kappa shape index (κ1) is 23.2. The normalized spacial score (nSPS) is 28.1. The van der Waals surface area contributed by atoms with Gasteiger partial charge in [0.25, 0.3) is 5.91 Å². The summed E-state index contributed by atoms with van der Waals surface area (Å²) in [7, 11) is -3.90. The highest BCUT2D eigenvalue weighted by atomic mass is 35.5. The maximum absolute atomic E-state index is 13.2. The minimum Gasteiger partial charge on any atom is -0.348 e. The van der Waals surface area contributed by atoms with Crippen molar-refractivity contribution in [3.05, 3.63) is 63.6 Å². The van der Waals surface area contributed by atoms with Gasteiger partial charge >= 0.3 is 0 Å². The van der Waals surface area contributed by atoms with Crippen molar-refractivity contribution < 1.29 is 13.2 Å². The first-order chi connectivity index (χ1) is 15.7. The van der Waals surface area contributed by atoms with Crippen LogP contribution in [-0.4, -0.2) is 20.9 Å². The van der Waals surface area contributed by atoms with Crippen molar-refractivity contribution in [2.24, 2.45) is 23.2 Å². The lowest BCUT2D eigenvalue weighted by atomic mass is 9.50. The fourth-order valence-corrected chi connectivity index (χ4v) is 8.63. The molecule has 2 aromatic carbocycles. The Kier molecular flexibility index (Phi) is 6.23. The monoisotopic (exact) mass is 506 g/mol. The van der Waals surface area contributed by atoms with Gasteiger partial charge in [-0.15, -0.1) is 0 Å². The van der Waals surface area contributed by atoms with Crippen molar-refractivity contribution in [2.75, 3.05) is 6.54 Å². The average Bonchev–Trinajstić information content (AvgIpc) is 2.76. The summed E-state index contributed by atoms with van der Waals surface area (Å²) in [5.41, 5.74) is 1.07. The number of hydrogen-bond donors (Lipinski definition) is 2. The number of hydrogen-bond acceptors (Lipinski definition) is 3. The summed E-state index contributed by atoms with van der Waals surface area (Å²) >= 11 is 12.5. The van der Waals surface area contributed by atoms with Gasteiger partial charge in [0.15, 0.2) is 0 Å². The number of carbonyl (C=O) groups is 1. The molecule has 8 heteroatoms. The lowest BCUT2D eigenvalue weighted by Crippen LogP contribution is -2.51. The van der Waals surface area contributed by atoms with E-state index >= 15 is 0 Å². The molecule has 4 bridgehead atoms. The van der Waals surface area contributed by atoms with Crippen LogP contribution in [0.5, 0.6) is 0 Å². The van der Waals surface area contributed by atoms with Gasteiger partial charge in [0.1, 0.15) is 4.90 Å². The zero-order valence-corrected chi connectivity index (χ0v) is 20.6. The Morgan fingerprint density at radius 1 is 0.939 bits per heavy atom. The summed E-state index contributed by atoms with van der Waals surface area (Å²) in [6.07, 6.45) is 7.21. The Morgan fingerprint density at radius 3 is 2.15 bits per heavy atom. The molecule has 6 rings (SSSR count). The van der Waals surface area contributed by atoms with E-state index in [-0.39, 0.29) is 25.9 Å². The van der Waals surface area contributed by atoms with Gasteiger partial charge in [-0.3, -0.25) is 4.79 Å². The van der Waals surface area contributed by atoms with Crippen molar-refractivity contribution in [3.63, 3.8) is 0 Å². The maximum atomic E-state index is 13.2. The second kappa shape index (κ2) is 8.88. The van der Waals surface area contributed by atoms with Gasteiger partial charge < -0.3 is 5.32 Å². The molecule has 5 nitrogen and oxygen atoms in total. The van der Waals surface area contributed by atoms with Crippen molar-refractivity contribution in [2.45, 2.75) is 50.0 Å². The minimum atomic E-state index is -3.90. The topological polar surface area (TPSA) is 75.3 Å². The smallest absolute Gasteiger partial charge is 0.253 e. The predicted molar refractivity (Wildman–Crippen MR) is 130 cm³/mol. The van der Waals surface area contributed by atoms with Crippen LogP contribution in [0.4, 0.5) is 0 Å². The molecule has 0 atom stereocenters. The van der Waals surface area contributed by atoms with Crippen molar-refractivity contribution >= 4 is 39.1 Å². The van der Waals surface area contributed by atoms with Gasteiger partial charge in [-0.1, -0.05) is 53.5 Å². The first-order valence-electron chi connectivity index (χ1n) is 11.5. The number of rotatable bonds is 7. The van der Waals surface area contributed by atoms with Gasteiger partial charge in [-0.05, 0) is 79.4 Å². The van der Waals surface area contributed by atoms with Crippen LogP contribution >= 0.6 is 23.2 Å². The number of nitrogens with one attached hydrogen (secondary N) is 2. The van der Waals surface area contributed by atoms with E-state index in [2.05, 4.69) is 10.0 Å². The number of amides is 1. The van der Waals surface area contributed by atoms with Crippen molar-refractivity contribution in [1.82, 2.24) is 10.0 Å². The molecule has 2 N–H and O–H groups in total. The number of benzene rings is 2. The number of carbonyl (C=O) groups excluding carboxylic acids is 1. The van der Waals surface area contributed by atoms with Crippen LogP contribution in [0.25, 0.3) is 0 Å². The molecule has 0 aliphatic heterocycles. The van der Waals surface area contributed by atoms with E-state index in [1.165, 1.54) is 31.4 Å². The molecule has 4 aliphatic rings. The standard InChI is InChI=1S/C25H28Cl2N2O3S/c26-21-10-22(27)23(9-20(21)24(30)28-14-16-4-2-1-3-5-16)33(31,32)29-15-25-11-17-6-18(12-25)8-19(7-17)13-25/h1-5,9-10,17-19,29H,6-8,11-15H2,(H,28,30). The molecular weight excluding hydrogens is 479 g/mol. The molecule has 0 radical (unpaired) electrons. The molecule has 33 heavy (non-hydrogen) atoms. The zero-order valence-electron chi connectivity index (χ0n) is 18.3.